The molecule has 1 aliphatic rings. The molecule has 0 aliphatic carbocycles. The summed E-state index contributed by atoms with van der Waals surface area (Å²) >= 11 is 0. The summed E-state index contributed by atoms with van der Waals surface area (Å²) in [5, 5.41) is 11.8. The molecule has 0 unspecified atom stereocenters. The molecule has 0 saturated carbocycles. The highest BCUT2D eigenvalue weighted by molar-refractivity contribution is 6.01. The van der Waals surface area contributed by atoms with E-state index in [0.717, 1.165) is 29.3 Å². The second-order valence-electron chi connectivity index (χ2n) is 12.8. The molecule has 4 aromatic carbocycles. The van der Waals surface area contributed by atoms with Crippen LogP contribution in [0.25, 0.3) is 11.1 Å². The highest BCUT2D eigenvalue weighted by Gasteiger charge is 2.53. The molecule has 4 aromatic rings. The van der Waals surface area contributed by atoms with Gasteiger partial charge in [0.05, 0.1) is 6.61 Å². The number of esters is 1. The van der Waals surface area contributed by atoms with E-state index in [-0.39, 0.29) is 37.5 Å². The van der Waals surface area contributed by atoms with E-state index in [0.29, 0.717) is 29.9 Å². The Labute approximate surface area is 284 Å². The number of aliphatic hydroxyl groups is 1. The number of carbonyl (C=O) groups excluding carboxylic acids is 2. The quantitative estimate of drug-likeness (QED) is 0.116. The largest absolute Gasteiger partial charge is 0.494 e. The number of rotatable bonds is 13. The summed E-state index contributed by atoms with van der Waals surface area (Å²) in [6.07, 6.45) is -0.782. The SMILES string of the molecule is CC(C)(C)OC(=O)CC[C@@]1(C(=O)NCc2cc(F)ccc2F)N=C(c2ccc(OCCCO)cc2)O[C@@H]1c1ccc(-c2ccccc2)cc1. The zero-order chi connectivity index (χ0) is 35.0. The minimum atomic E-state index is -1.69. The Bertz CT molecular complexity index is 1770. The van der Waals surface area contributed by atoms with Gasteiger partial charge in [0, 0.05) is 37.1 Å². The van der Waals surface area contributed by atoms with Crippen molar-refractivity contribution < 1.29 is 37.7 Å². The number of carbonyl (C=O) groups is 2. The van der Waals surface area contributed by atoms with Crippen LogP contribution in [0.4, 0.5) is 8.78 Å². The predicted molar refractivity (Wildman–Crippen MR) is 182 cm³/mol. The van der Waals surface area contributed by atoms with Gasteiger partial charge in [-0.05, 0) is 86.3 Å². The lowest BCUT2D eigenvalue weighted by molar-refractivity contribution is -0.155. The maximum absolute atomic E-state index is 14.6. The molecule has 0 bridgehead atoms. The Morgan fingerprint density at radius 1 is 0.918 bits per heavy atom. The van der Waals surface area contributed by atoms with Crippen molar-refractivity contribution in [1.29, 1.82) is 0 Å². The Morgan fingerprint density at radius 2 is 1.59 bits per heavy atom. The highest BCUT2D eigenvalue weighted by Crippen LogP contribution is 2.44. The van der Waals surface area contributed by atoms with Crippen molar-refractivity contribution in [3.8, 4) is 16.9 Å². The standard InChI is InChI=1S/C39H40F2N2O6/c1-38(2,3)49-34(45)20-21-39(37(46)42-25-30-24-31(40)16-19-33(30)41)35(28-12-10-27(11-13-28)26-8-5-4-6-9-26)48-36(43-39)29-14-17-32(18-15-29)47-23-7-22-44/h4-6,8-19,24,35,44H,7,20-23,25H2,1-3H3,(H,42,46)/t35-,39-/m1/s1. The summed E-state index contributed by atoms with van der Waals surface area (Å²) < 4.78 is 46.3. The lowest BCUT2D eigenvalue weighted by atomic mass is 9.83. The second-order valence-corrected chi connectivity index (χ2v) is 12.8. The first kappa shape index (κ1) is 35.2. The molecule has 49 heavy (non-hydrogen) atoms. The number of halogens is 2. The molecule has 5 rings (SSSR count). The number of aliphatic imine (C=N–C) groups is 1. The molecular weight excluding hydrogens is 630 g/mol. The minimum Gasteiger partial charge on any atom is -0.494 e. The number of aliphatic hydroxyl groups excluding tert-OH is 1. The molecule has 2 N–H and O–H groups in total. The van der Waals surface area contributed by atoms with Gasteiger partial charge in [0.2, 0.25) is 5.90 Å². The number of benzene rings is 4. The summed E-state index contributed by atoms with van der Waals surface area (Å²) in [6.45, 7) is 5.29. The highest BCUT2D eigenvalue weighted by atomic mass is 19.1. The molecule has 256 valence electrons. The maximum Gasteiger partial charge on any atom is 0.306 e. The van der Waals surface area contributed by atoms with Crippen molar-refractivity contribution in [1.82, 2.24) is 5.32 Å². The van der Waals surface area contributed by atoms with E-state index in [4.69, 9.17) is 24.3 Å². The number of amides is 1. The van der Waals surface area contributed by atoms with Gasteiger partial charge >= 0.3 is 5.97 Å². The average Bonchev–Trinajstić information content (AvgIpc) is 3.49. The molecule has 0 spiro atoms. The van der Waals surface area contributed by atoms with Crippen LogP contribution in [0.2, 0.25) is 0 Å². The van der Waals surface area contributed by atoms with Crippen molar-refractivity contribution in [3.05, 3.63) is 125 Å². The fourth-order valence-corrected chi connectivity index (χ4v) is 5.54. The van der Waals surface area contributed by atoms with Gasteiger partial charge in [0.15, 0.2) is 11.6 Å². The number of nitrogens with one attached hydrogen (secondary N) is 1. The van der Waals surface area contributed by atoms with Gasteiger partial charge in [-0.3, -0.25) is 9.59 Å². The zero-order valence-corrected chi connectivity index (χ0v) is 27.7. The fraction of sp³-hybridized carbons (Fsp3) is 0.308. The number of ether oxygens (including phenoxy) is 3. The van der Waals surface area contributed by atoms with Gasteiger partial charge in [-0.25, -0.2) is 13.8 Å². The first-order valence-corrected chi connectivity index (χ1v) is 16.2. The number of nitrogens with zero attached hydrogens (tertiary/aromatic N) is 1. The third-order valence-corrected chi connectivity index (χ3v) is 7.93. The number of hydrogen-bond donors (Lipinski definition) is 2. The lowest BCUT2D eigenvalue weighted by Crippen LogP contribution is -2.48. The summed E-state index contributed by atoms with van der Waals surface area (Å²) in [5.41, 5.74) is 0.647. The van der Waals surface area contributed by atoms with Crippen molar-refractivity contribution >= 4 is 17.8 Å². The van der Waals surface area contributed by atoms with Crippen LogP contribution in [0.1, 0.15) is 62.8 Å². The van der Waals surface area contributed by atoms with Gasteiger partial charge < -0.3 is 24.6 Å². The molecule has 1 amide bonds. The molecule has 0 saturated heterocycles. The zero-order valence-electron chi connectivity index (χ0n) is 27.7. The van der Waals surface area contributed by atoms with Gasteiger partial charge in [-0.15, -0.1) is 0 Å². The van der Waals surface area contributed by atoms with E-state index in [9.17, 15) is 18.4 Å². The first-order valence-electron chi connectivity index (χ1n) is 16.2. The molecule has 0 fully saturated rings. The van der Waals surface area contributed by atoms with Crippen LogP contribution >= 0.6 is 0 Å². The molecule has 0 aromatic heterocycles. The fourth-order valence-electron chi connectivity index (χ4n) is 5.54. The topological polar surface area (TPSA) is 106 Å². The summed E-state index contributed by atoms with van der Waals surface area (Å²) in [5.74, 6) is -1.73. The van der Waals surface area contributed by atoms with Crippen LogP contribution in [0.15, 0.2) is 102 Å². The summed E-state index contributed by atoms with van der Waals surface area (Å²) in [7, 11) is 0. The van der Waals surface area contributed by atoms with E-state index in [1.807, 2.05) is 54.6 Å². The Balaban J connectivity index is 1.54. The molecule has 8 nitrogen and oxygen atoms in total. The normalized spacial score (nSPS) is 17.2. The Morgan fingerprint density at radius 3 is 2.27 bits per heavy atom. The van der Waals surface area contributed by atoms with Crippen molar-refractivity contribution in [3.63, 3.8) is 0 Å². The molecule has 2 atom stereocenters. The smallest absolute Gasteiger partial charge is 0.306 e. The van der Waals surface area contributed by atoms with Crippen LogP contribution < -0.4 is 10.1 Å². The Hall–Kier alpha value is -5.09. The van der Waals surface area contributed by atoms with E-state index < -0.39 is 40.8 Å². The van der Waals surface area contributed by atoms with Gasteiger partial charge in [-0.2, -0.15) is 0 Å². The Kier molecular flexibility index (Phi) is 11.1. The second kappa shape index (κ2) is 15.4. The monoisotopic (exact) mass is 670 g/mol. The van der Waals surface area contributed by atoms with E-state index in [1.165, 1.54) is 0 Å². The van der Waals surface area contributed by atoms with Crippen LogP contribution in [0.5, 0.6) is 5.75 Å². The van der Waals surface area contributed by atoms with Gasteiger partial charge in [-0.1, -0.05) is 54.6 Å². The summed E-state index contributed by atoms with van der Waals surface area (Å²) in [6, 6.07) is 27.3. The molecule has 10 heteroatoms. The third kappa shape index (κ3) is 8.88. The van der Waals surface area contributed by atoms with Crippen molar-refractivity contribution in [2.24, 2.45) is 4.99 Å². The van der Waals surface area contributed by atoms with Crippen molar-refractivity contribution in [2.75, 3.05) is 13.2 Å². The van der Waals surface area contributed by atoms with Crippen LogP contribution in [0.3, 0.4) is 0 Å². The minimum absolute atomic E-state index is 0.00966. The van der Waals surface area contributed by atoms with Crippen LogP contribution in [0, 0.1) is 11.6 Å². The van der Waals surface area contributed by atoms with E-state index in [2.05, 4.69) is 5.32 Å². The summed E-state index contributed by atoms with van der Waals surface area (Å²) in [4.78, 5) is 32.3. The van der Waals surface area contributed by atoms with Crippen LogP contribution in [-0.2, 0) is 25.6 Å². The molecular formula is C39H40F2N2O6. The number of hydrogen-bond acceptors (Lipinski definition) is 7. The van der Waals surface area contributed by atoms with Crippen LogP contribution in [-0.4, -0.2) is 47.2 Å². The lowest BCUT2D eigenvalue weighted by Gasteiger charge is -2.31. The average molecular weight is 671 g/mol. The molecule has 1 heterocycles. The first-order chi connectivity index (χ1) is 23.5. The van der Waals surface area contributed by atoms with Gasteiger partial charge in [0.1, 0.15) is 23.0 Å². The third-order valence-electron chi connectivity index (χ3n) is 7.93. The maximum atomic E-state index is 14.6. The van der Waals surface area contributed by atoms with Gasteiger partial charge in [0.25, 0.3) is 5.91 Å². The predicted octanol–water partition coefficient (Wildman–Crippen LogP) is 7.09. The molecule has 1 aliphatic heterocycles. The van der Waals surface area contributed by atoms with E-state index >= 15 is 0 Å². The van der Waals surface area contributed by atoms with E-state index in [1.54, 1.807) is 45.0 Å². The van der Waals surface area contributed by atoms with Crippen molar-refractivity contribution in [2.45, 2.75) is 63.8 Å². The molecule has 0 radical (unpaired) electrons.